The van der Waals surface area contributed by atoms with E-state index in [0.29, 0.717) is 0 Å². The molecule has 0 saturated carbocycles. The van der Waals surface area contributed by atoms with Crippen LogP contribution >= 0.6 is 0 Å². The number of aliphatic hydroxyl groups is 1. The lowest BCUT2D eigenvalue weighted by molar-refractivity contribution is 0.233. The normalized spacial score (nSPS) is 13.6. The highest BCUT2D eigenvalue weighted by Crippen LogP contribution is 2.22. The quantitative estimate of drug-likeness (QED) is 0.798. The van der Waals surface area contributed by atoms with Crippen LogP contribution in [0.5, 0.6) is 0 Å². The van der Waals surface area contributed by atoms with Crippen molar-refractivity contribution >= 4 is 5.82 Å². The Balaban J connectivity index is 2.55. The van der Waals surface area contributed by atoms with Crippen molar-refractivity contribution in [3.63, 3.8) is 0 Å². The first-order chi connectivity index (χ1) is 7.01. The molecule has 0 aliphatic heterocycles. The molecule has 0 bridgehead atoms. The topological polar surface area (TPSA) is 45.1 Å². The fraction of sp³-hybridized carbons (Fsp3) is 0.583. The number of rotatable bonds is 4. The molecule has 3 nitrogen and oxygen atoms in total. The van der Waals surface area contributed by atoms with Gasteiger partial charge in [0.05, 0.1) is 12.6 Å². The number of pyridine rings is 1. The molecule has 1 rings (SSSR count). The predicted octanol–water partition coefficient (Wildman–Crippen LogP) is 2.29. The molecule has 84 valence electrons. The standard InChI is InChI=1S/C12H20N2O/c1-12(2,3)8-10(9-15)14-11-6-4-5-7-13-11/h4-7,10,15H,8-9H2,1-3H3,(H,13,14)/t10-/m1/s1. The molecule has 0 unspecified atom stereocenters. The van der Waals surface area contributed by atoms with E-state index in [4.69, 9.17) is 0 Å². The summed E-state index contributed by atoms with van der Waals surface area (Å²) in [7, 11) is 0. The second-order valence-electron chi connectivity index (χ2n) is 5.00. The molecule has 0 radical (unpaired) electrons. The highest BCUT2D eigenvalue weighted by molar-refractivity contribution is 5.34. The van der Waals surface area contributed by atoms with Gasteiger partial charge >= 0.3 is 0 Å². The Morgan fingerprint density at radius 3 is 2.60 bits per heavy atom. The first-order valence-electron chi connectivity index (χ1n) is 5.30. The van der Waals surface area contributed by atoms with Crippen molar-refractivity contribution in [1.82, 2.24) is 4.98 Å². The summed E-state index contributed by atoms with van der Waals surface area (Å²) < 4.78 is 0. The van der Waals surface area contributed by atoms with Crippen molar-refractivity contribution in [2.75, 3.05) is 11.9 Å². The van der Waals surface area contributed by atoms with Crippen molar-refractivity contribution in [2.45, 2.75) is 33.2 Å². The van der Waals surface area contributed by atoms with Crippen LogP contribution < -0.4 is 5.32 Å². The van der Waals surface area contributed by atoms with Crippen molar-refractivity contribution in [2.24, 2.45) is 5.41 Å². The predicted molar refractivity (Wildman–Crippen MR) is 62.8 cm³/mol. The maximum Gasteiger partial charge on any atom is 0.126 e. The van der Waals surface area contributed by atoms with Crippen molar-refractivity contribution in [3.8, 4) is 0 Å². The Morgan fingerprint density at radius 2 is 2.13 bits per heavy atom. The number of aromatic nitrogens is 1. The highest BCUT2D eigenvalue weighted by Gasteiger charge is 2.18. The molecular formula is C12H20N2O. The van der Waals surface area contributed by atoms with Gasteiger partial charge in [-0.05, 0) is 24.0 Å². The molecule has 1 heterocycles. The van der Waals surface area contributed by atoms with E-state index in [1.165, 1.54) is 0 Å². The average molecular weight is 208 g/mol. The molecule has 0 aliphatic carbocycles. The first-order valence-corrected chi connectivity index (χ1v) is 5.30. The lowest BCUT2D eigenvalue weighted by Gasteiger charge is -2.25. The van der Waals surface area contributed by atoms with Gasteiger partial charge in [-0.3, -0.25) is 0 Å². The lowest BCUT2D eigenvalue weighted by Crippen LogP contribution is -2.29. The zero-order chi connectivity index (χ0) is 11.3. The van der Waals surface area contributed by atoms with Crippen LogP contribution in [-0.4, -0.2) is 22.7 Å². The zero-order valence-corrected chi connectivity index (χ0v) is 9.70. The molecule has 0 aromatic carbocycles. The minimum Gasteiger partial charge on any atom is -0.394 e. The van der Waals surface area contributed by atoms with Crippen LogP contribution in [0, 0.1) is 5.41 Å². The maximum absolute atomic E-state index is 9.26. The molecule has 0 spiro atoms. The van der Waals surface area contributed by atoms with Crippen molar-refractivity contribution < 1.29 is 5.11 Å². The summed E-state index contributed by atoms with van der Waals surface area (Å²) in [6, 6.07) is 5.79. The first kappa shape index (κ1) is 12.0. The van der Waals surface area contributed by atoms with Gasteiger partial charge in [0.25, 0.3) is 0 Å². The molecule has 3 heteroatoms. The van der Waals surface area contributed by atoms with E-state index in [1.807, 2.05) is 18.2 Å². The van der Waals surface area contributed by atoms with Crippen molar-refractivity contribution in [3.05, 3.63) is 24.4 Å². The third kappa shape index (κ3) is 4.79. The summed E-state index contributed by atoms with van der Waals surface area (Å²) in [5.41, 5.74) is 0.204. The van der Waals surface area contributed by atoms with E-state index in [0.717, 1.165) is 12.2 Å². The van der Waals surface area contributed by atoms with E-state index in [-0.39, 0.29) is 18.1 Å². The second kappa shape index (κ2) is 5.12. The highest BCUT2D eigenvalue weighted by atomic mass is 16.3. The Kier molecular flexibility index (Phi) is 4.09. The molecule has 1 aromatic heterocycles. The number of aliphatic hydroxyl groups excluding tert-OH is 1. The number of hydrogen-bond donors (Lipinski definition) is 2. The van der Waals surface area contributed by atoms with Crippen LogP contribution in [0.15, 0.2) is 24.4 Å². The molecular weight excluding hydrogens is 188 g/mol. The van der Waals surface area contributed by atoms with E-state index in [1.54, 1.807) is 6.20 Å². The Labute approximate surface area is 91.5 Å². The lowest BCUT2D eigenvalue weighted by atomic mass is 9.88. The maximum atomic E-state index is 9.26. The van der Waals surface area contributed by atoms with Crippen LogP contribution in [-0.2, 0) is 0 Å². The van der Waals surface area contributed by atoms with Crippen LogP contribution in [0.1, 0.15) is 27.2 Å². The third-order valence-corrected chi connectivity index (χ3v) is 2.10. The average Bonchev–Trinajstić information content (AvgIpc) is 2.16. The fourth-order valence-corrected chi connectivity index (χ4v) is 1.56. The number of nitrogens with zero attached hydrogens (tertiary/aromatic N) is 1. The summed E-state index contributed by atoms with van der Waals surface area (Å²) in [6.07, 6.45) is 2.66. The summed E-state index contributed by atoms with van der Waals surface area (Å²) in [4.78, 5) is 4.17. The number of anilines is 1. The minimum absolute atomic E-state index is 0.0694. The van der Waals surface area contributed by atoms with Gasteiger partial charge in [0, 0.05) is 6.20 Å². The van der Waals surface area contributed by atoms with Gasteiger partial charge in [-0.1, -0.05) is 26.8 Å². The number of hydrogen-bond acceptors (Lipinski definition) is 3. The van der Waals surface area contributed by atoms with E-state index in [9.17, 15) is 5.11 Å². The Bertz CT molecular complexity index is 279. The molecule has 0 amide bonds. The van der Waals surface area contributed by atoms with Crippen LogP contribution in [0.3, 0.4) is 0 Å². The van der Waals surface area contributed by atoms with Gasteiger partial charge in [0.1, 0.15) is 5.82 Å². The summed E-state index contributed by atoms with van der Waals surface area (Å²) >= 11 is 0. The monoisotopic (exact) mass is 208 g/mol. The van der Waals surface area contributed by atoms with E-state index >= 15 is 0 Å². The molecule has 15 heavy (non-hydrogen) atoms. The van der Waals surface area contributed by atoms with Gasteiger partial charge in [-0.2, -0.15) is 0 Å². The third-order valence-electron chi connectivity index (χ3n) is 2.10. The van der Waals surface area contributed by atoms with Gasteiger partial charge in [-0.25, -0.2) is 4.98 Å². The second-order valence-corrected chi connectivity index (χ2v) is 5.00. The minimum atomic E-state index is 0.0694. The molecule has 2 N–H and O–H groups in total. The number of nitrogens with one attached hydrogen (secondary N) is 1. The fourth-order valence-electron chi connectivity index (χ4n) is 1.56. The summed E-state index contributed by atoms with van der Waals surface area (Å²) in [6.45, 7) is 6.62. The summed E-state index contributed by atoms with van der Waals surface area (Å²) in [5.74, 6) is 0.820. The van der Waals surface area contributed by atoms with E-state index < -0.39 is 0 Å². The zero-order valence-electron chi connectivity index (χ0n) is 9.70. The molecule has 1 aromatic rings. The van der Waals surface area contributed by atoms with E-state index in [2.05, 4.69) is 31.1 Å². The molecule has 0 aliphatic rings. The van der Waals surface area contributed by atoms with Crippen LogP contribution in [0.2, 0.25) is 0 Å². The summed E-state index contributed by atoms with van der Waals surface area (Å²) in [5, 5.41) is 12.5. The smallest absolute Gasteiger partial charge is 0.126 e. The molecule has 0 saturated heterocycles. The van der Waals surface area contributed by atoms with Gasteiger partial charge in [0.15, 0.2) is 0 Å². The van der Waals surface area contributed by atoms with Gasteiger partial charge in [-0.15, -0.1) is 0 Å². The SMILES string of the molecule is CC(C)(C)C[C@H](CO)Nc1ccccn1. The van der Waals surface area contributed by atoms with Crippen LogP contribution in [0.25, 0.3) is 0 Å². The molecule has 1 atom stereocenters. The Morgan fingerprint density at radius 1 is 1.40 bits per heavy atom. The van der Waals surface area contributed by atoms with Crippen molar-refractivity contribution in [1.29, 1.82) is 0 Å². The van der Waals surface area contributed by atoms with Gasteiger partial charge < -0.3 is 10.4 Å². The Hall–Kier alpha value is -1.09. The van der Waals surface area contributed by atoms with Gasteiger partial charge in [0.2, 0.25) is 0 Å². The van der Waals surface area contributed by atoms with Crippen LogP contribution in [0.4, 0.5) is 5.82 Å². The molecule has 0 fully saturated rings. The largest absolute Gasteiger partial charge is 0.394 e.